The van der Waals surface area contributed by atoms with Gasteiger partial charge in [0, 0.05) is 20.5 Å². The highest BCUT2D eigenvalue weighted by Gasteiger charge is 2.11. The molecule has 0 aliphatic rings. The van der Waals surface area contributed by atoms with Crippen molar-refractivity contribution >= 4 is 5.91 Å². The second kappa shape index (κ2) is 5.13. The molecule has 0 aliphatic carbocycles. The molecule has 0 heterocycles. The van der Waals surface area contributed by atoms with Gasteiger partial charge in [0.2, 0.25) is 5.91 Å². The van der Waals surface area contributed by atoms with Crippen molar-refractivity contribution in [2.24, 2.45) is 11.7 Å². The Balaban J connectivity index is 3.72. The molecule has 0 spiro atoms. The van der Waals surface area contributed by atoms with Gasteiger partial charge in [-0.25, -0.2) is 0 Å². The minimum Gasteiger partial charge on any atom is -0.349 e. The zero-order chi connectivity index (χ0) is 8.85. The highest BCUT2D eigenvalue weighted by Crippen LogP contribution is 2.06. The van der Waals surface area contributed by atoms with Gasteiger partial charge < -0.3 is 10.6 Å². The van der Waals surface area contributed by atoms with Gasteiger partial charge in [0.15, 0.2) is 0 Å². The molecule has 11 heavy (non-hydrogen) atoms. The van der Waals surface area contributed by atoms with Crippen molar-refractivity contribution in [2.45, 2.75) is 19.8 Å². The Kier molecular flexibility index (Phi) is 4.86. The van der Waals surface area contributed by atoms with Crippen molar-refractivity contribution in [1.29, 1.82) is 0 Å². The van der Waals surface area contributed by atoms with E-state index in [1.165, 1.54) is 0 Å². The van der Waals surface area contributed by atoms with E-state index in [0.717, 1.165) is 6.42 Å². The van der Waals surface area contributed by atoms with E-state index in [9.17, 15) is 4.79 Å². The highest BCUT2D eigenvalue weighted by atomic mass is 16.2. The minimum absolute atomic E-state index is 0.169. The summed E-state index contributed by atoms with van der Waals surface area (Å²) in [5.74, 6) is 0.521. The number of hydrogen-bond acceptors (Lipinski definition) is 2. The van der Waals surface area contributed by atoms with Crippen molar-refractivity contribution in [3.63, 3.8) is 0 Å². The van der Waals surface area contributed by atoms with Crippen LogP contribution in [0.4, 0.5) is 0 Å². The summed E-state index contributed by atoms with van der Waals surface area (Å²) in [5, 5.41) is 0. The van der Waals surface area contributed by atoms with Gasteiger partial charge in [-0.05, 0) is 12.5 Å². The molecule has 0 saturated carbocycles. The second-order valence-corrected chi connectivity index (χ2v) is 3.00. The fourth-order valence-electron chi connectivity index (χ4n) is 0.824. The minimum atomic E-state index is 0.169. The van der Waals surface area contributed by atoms with Gasteiger partial charge in [-0.15, -0.1) is 0 Å². The molecule has 0 aliphatic heterocycles. The zero-order valence-electron chi connectivity index (χ0n) is 7.63. The van der Waals surface area contributed by atoms with Gasteiger partial charge in [-0.2, -0.15) is 0 Å². The lowest BCUT2D eigenvalue weighted by atomic mass is 10.0. The number of carbonyl (C=O) groups is 1. The number of carbonyl (C=O) groups excluding carboxylic acids is 1. The molecule has 2 N–H and O–H groups in total. The average molecular weight is 158 g/mol. The molecule has 0 aromatic carbocycles. The Morgan fingerprint density at radius 3 is 2.36 bits per heavy atom. The molecule has 0 aromatic rings. The van der Waals surface area contributed by atoms with Crippen LogP contribution in [0.2, 0.25) is 0 Å². The number of rotatable bonds is 4. The zero-order valence-corrected chi connectivity index (χ0v) is 7.63. The van der Waals surface area contributed by atoms with E-state index in [0.29, 0.717) is 18.9 Å². The Morgan fingerprint density at radius 1 is 1.55 bits per heavy atom. The summed E-state index contributed by atoms with van der Waals surface area (Å²) in [4.78, 5) is 12.8. The van der Waals surface area contributed by atoms with Crippen LogP contribution in [0, 0.1) is 5.92 Å². The SMILES string of the molecule is CCC(CN)CC(=O)N(C)C. The van der Waals surface area contributed by atoms with Gasteiger partial charge in [0.1, 0.15) is 0 Å². The Morgan fingerprint density at radius 2 is 2.09 bits per heavy atom. The molecule has 0 aromatic heterocycles. The van der Waals surface area contributed by atoms with Crippen LogP contribution >= 0.6 is 0 Å². The topological polar surface area (TPSA) is 46.3 Å². The van der Waals surface area contributed by atoms with Crippen LogP contribution < -0.4 is 5.73 Å². The van der Waals surface area contributed by atoms with E-state index in [-0.39, 0.29) is 5.91 Å². The maximum atomic E-state index is 11.1. The molecule has 1 unspecified atom stereocenters. The van der Waals surface area contributed by atoms with Crippen LogP contribution in [0.3, 0.4) is 0 Å². The monoisotopic (exact) mass is 158 g/mol. The van der Waals surface area contributed by atoms with E-state index >= 15 is 0 Å². The summed E-state index contributed by atoms with van der Waals surface area (Å²) in [7, 11) is 3.54. The molecule has 0 radical (unpaired) electrons. The second-order valence-electron chi connectivity index (χ2n) is 3.00. The summed E-state index contributed by atoms with van der Waals surface area (Å²) >= 11 is 0. The van der Waals surface area contributed by atoms with Crippen LogP contribution in [0.5, 0.6) is 0 Å². The Hall–Kier alpha value is -0.570. The maximum Gasteiger partial charge on any atom is 0.222 e. The predicted molar refractivity (Wildman–Crippen MR) is 46.1 cm³/mol. The van der Waals surface area contributed by atoms with Crippen molar-refractivity contribution in [3.05, 3.63) is 0 Å². The van der Waals surface area contributed by atoms with E-state index < -0.39 is 0 Å². The molecule has 1 amide bonds. The fraction of sp³-hybridized carbons (Fsp3) is 0.875. The summed E-state index contributed by atoms with van der Waals surface area (Å²) < 4.78 is 0. The van der Waals surface area contributed by atoms with E-state index in [4.69, 9.17) is 5.73 Å². The molecule has 66 valence electrons. The summed E-state index contributed by atoms with van der Waals surface area (Å²) in [6.07, 6.45) is 1.57. The number of hydrogen-bond donors (Lipinski definition) is 1. The quantitative estimate of drug-likeness (QED) is 0.645. The average Bonchev–Trinajstić information content (AvgIpc) is 1.99. The lowest BCUT2D eigenvalue weighted by Gasteiger charge is -2.15. The molecule has 3 heteroatoms. The third-order valence-electron chi connectivity index (χ3n) is 1.87. The van der Waals surface area contributed by atoms with Crippen LogP contribution in [-0.4, -0.2) is 31.4 Å². The summed E-state index contributed by atoms with van der Waals surface area (Å²) in [6, 6.07) is 0. The molecule has 3 nitrogen and oxygen atoms in total. The molecular formula is C8H18N2O. The predicted octanol–water partition coefficient (Wildman–Crippen LogP) is 0.450. The first-order valence-electron chi connectivity index (χ1n) is 4.02. The fourth-order valence-corrected chi connectivity index (χ4v) is 0.824. The van der Waals surface area contributed by atoms with Crippen molar-refractivity contribution in [2.75, 3.05) is 20.6 Å². The van der Waals surface area contributed by atoms with E-state index in [1.807, 2.05) is 0 Å². The third kappa shape index (κ3) is 3.98. The number of nitrogens with zero attached hydrogens (tertiary/aromatic N) is 1. The van der Waals surface area contributed by atoms with E-state index in [2.05, 4.69) is 6.92 Å². The van der Waals surface area contributed by atoms with Gasteiger partial charge in [-0.1, -0.05) is 13.3 Å². The Bertz CT molecular complexity index is 119. The molecule has 0 saturated heterocycles. The first-order valence-corrected chi connectivity index (χ1v) is 4.02. The summed E-state index contributed by atoms with van der Waals surface area (Å²) in [6.45, 7) is 2.66. The van der Waals surface area contributed by atoms with Crippen LogP contribution in [-0.2, 0) is 4.79 Å². The first-order chi connectivity index (χ1) is 5.11. The van der Waals surface area contributed by atoms with Crippen molar-refractivity contribution < 1.29 is 4.79 Å². The molecule has 1 atom stereocenters. The first kappa shape index (κ1) is 10.4. The number of amides is 1. The smallest absolute Gasteiger partial charge is 0.222 e. The summed E-state index contributed by atoms with van der Waals surface area (Å²) in [5.41, 5.74) is 5.46. The van der Waals surface area contributed by atoms with Crippen molar-refractivity contribution in [1.82, 2.24) is 4.90 Å². The van der Waals surface area contributed by atoms with Gasteiger partial charge in [-0.3, -0.25) is 4.79 Å². The molecule has 0 fully saturated rings. The van der Waals surface area contributed by atoms with Gasteiger partial charge >= 0.3 is 0 Å². The maximum absolute atomic E-state index is 11.1. The largest absolute Gasteiger partial charge is 0.349 e. The number of nitrogens with two attached hydrogens (primary N) is 1. The lowest BCUT2D eigenvalue weighted by molar-refractivity contribution is -0.129. The third-order valence-corrected chi connectivity index (χ3v) is 1.87. The van der Waals surface area contributed by atoms with Gasteiger partial charge in [0.25, 0.3) is 0 Å². The van der Waals surface area contributed by atoms with Crippen molar-refractivity contribution in [3.8, 4) is 0 Å². The standard InChI is InChI=1S/C8H18N2O/c1-4-7(6-9)5-8(11)10(2)3/h7H,4-6,9H2,1-3H3. The van der Waals surface area contributed by atoms with E-state index in [1.54, 1.807) is 19.0 Å². The molecule has 0 rings (SSSR count). The van der Waals surface area contributed by atoms with Crippen LogP contribution in [0.15, 0.2) is 0 Å². The van der Waals surface area contributed by atoms with Crippen LogP contribution in [0.1, 0.15) is 19.8 Å². The highest BCUT2D eigenvalue weighted by molar-refractivity contribution is 5.75. The van der Waals surface area contributed by atoms with Gasteiger partial charge in [0.05, 0.1) is 0 Å². The normalized spacial score (nSPS) is 12.7. The Labute approximate surface area is 68.6 Å². The molecular weight excluding hydrogens is 140 g/mol. The van der Waals surface area contributed by atoms with Crippen LogP contribution in [0.25, 0.3) is 0 Å². The lowest BCUT2D eigenvalue weighted by Crippen LogP contribution is -2.26. The molecule has 0 bridgehead atoms.